The Morgan fingerprint density at radius 3 is 2.21 bits per heavy atom. The van der Waals surface area contributed by atoms with Gasteiger partial charge in [-0.15, -0.1) is 0 Å². The van der Waals surface area contributed by atoms with Crippen LogP contribution in [0.1, 0.15) is 101 Å². The van der Waals surface area contributed by atoms with Crippen molar-refractivity contribution in [3.63, 3.8) is 0 Å². The zero-order chi connectivity index (χ0) is 49.6. The zero-order valence-electron chi connectivity index (χ0n) is 41.2. The van der Waals surface area contributed by atoms with E-state index >= 15 is 0 Å². The van der Waals surface area contributed by atoms with E-state index in [9.17, 15) is 39.1 Å². The Kier molecular flexibility index (Phi) is 20.1. The van der Waals surface area contributed by atoms with Crippen LogP contribution in [0.5, 0.6) is 0 Å². The monoisotopic (exact) mass is 963 g/mol. The van der Waals surface area contributed by atoms with E-state index in [1.807, 2.05) is 37.7 Å². The second-order valence-electron chi connectivity index (χ2n) is 20.1. The number of ether oxygens (including phenoxy) is 6. The Morgan fingerprint density at radius 1 is 0.985 bits per heavy atom. The summed E-state index contributed by atoms with van der Waals surface area (Å²) in [5.74, 6) is -4.59. The van der Waals surface area contributed by atoms with E-state index in [1.165, 1.54) is 20.1 Å². The number of aliphatic hydroxyl groups is 5. The first-order valence-electron chi connectivity index (χ1n) is 23.4. The average molecular weight is 963 g/mol. The number of hydrogen-bond acceptors (Lipinski definition) is 15. The fourth-order valence-electron chi connectivity index (χ4n) is 10.2. The highest BCUT2D eigenvalue weighted by atomic mass is 32.1. The predicted molar refractivity (Wildman–Crippen MR) is 248 cm³/mol. The van der Waals surface area contributed by atoms with Gasteiger partial charge in [0, 0.05) is 51.2 Å². The van der Waals surface area contributed by atoms with Gasteiger partial charge in [-0.05, 0) is 119 Å². The molecule has 0 aromatic heterocycles. The molecule has 0 spiro atoms. The molecule has 3 heterocycles. The minimum atomic E-state index is -1.95. The van der Waals surface area contributed by atoms with Crippen molar-refractivity contribution in [3.8, 4) is 0 Å². The lowest BCUT2D eigenvalue weighted by Gasteiger charge is -2.48. The number of anilines is 1. The molecule has 3 aliphatic heterocycles. The van der Waals surface area contributed by atoms with Gasteiger partial charge in [0.05, 0.1) is 41.5 Å². The highest BCUT2D eigenvalue weighted by Crippen LogP contribution is 2.40. The van der Waals surface area contributed by atoms with E-state index in [-0.39, 0.29) is 54.7 Å². The molecule has 4 rings (SSSR count). The third kappa shape index (κ3) is 13.5. The molecule has 0 saturated carbocycles. The van der Waals surface area contributed by atoms with E-state index < -0.39 is 108 Å². The first kappa shape index (κ1) is 56.3. The number of hydrogen-bond donors (Lipinski definition) is 7. The normalized spacial score (nSPS) is 41.4. The lowest BCUT2D eigenvalue weighted by Crippen LogP contribution is -2.60. The fourth-order valence-corrected chi connectivity index (χ4v) is 10.4. The molecular weight excluding hydrogens is 883 g/mol. The number of halogens is 2. The first-order chi connectivity index (χ1) is 30.7. The van der Waals surface area contributed by atoms with Gasteiger partial charge in [0.1, 0.15) is 47.3 Å². The largest absolute Gasteiger partial charge is 0.459 e. The van der Waals surface area contributed by atoms with E-state index in [4.69, 9.17) is 40.6 Å². The summed E-state index contributed by atoms with van der Waals surface area (Å²) in [6.45, 7) is 18.2. The molecular formula is C47H80F2N4O12S. The van der Waals surface area contributed by atoms with Gasteiger partial charge >= 0.3 is 5.97 Å². The van der Waals surface area contributed by atoms with Crippen LogP contribution in [0.4, 0.5) is 14.5 Å². The Hall–Kier alpha value is -2.24. The summed E-state index contributed by atoms with van der Waals surface area (Å²) in [4.78, 5) is 18.4. The predicted octanol–water partition coefficient (Wildman–Crippen LogP) is 3.93. The lowest BCUT2D eigenvalue weighted by atomic mass is 9.77. The third-order valence-electron chi connectivity index (χ3n) is 14.1. The maximum absolute atomic E-state index is 14.5. The average Bonchev–Trinajstić information content (AvgIpc) is 3.24. The molecule has 7 N–H and O–H groups in total. The fraction of sp³-hybridized carbons (Fsp3) is 0.830. The molecule has 0 bridgehead atoms. The van der Waals surface area contributed by atoms with E-state index in [0.29, 0.717) is 25.9 Å². The molecule has 16 nitrogen and oxygen atoms in total. The summed E-state index contributed by atoms with van der Waals surface area (Å²) in [5, 5.41) is 65.3. The number of aliphatic hydroxyl groups excluding tert-OH is 3. The van der Waals surface area contributed by atoms with Crippen molar-refractivity contribution in [1.29, 1.82) is 0 Å². The molecule has 3 saturated heterocycles. The number of nitrogens with zero attached hydrogens (tertiary/aromatic N) is 2. The summed E-state index contributed by atoms with van der Waals surface area (Å²) < 4.78 is 66.5. The summed E-state index contributed by atoms with van der Waals surface area (Å²) >= 11 is 5.33. The second kappa shape index (κ2) is 23.6. The van der Waals surface area contributed by atoms with Gasteiger partial charge < -0.3 is 69.5 Å². The van der Waals surface area contributed by atoms with Crippen LogP contribution in [-0.4, -0.2) is 178 Å². The summed E-state index contributed by atoms with van der Waals surface area (Å²) in [6.07, 6.45) is -8.93. The molecule has 19 heteroatoms. The van der Waals surface area contributed by atoms with Crippen LogP contribution in [0, 0.1) is 29.4 Å². The molecule has 1 aromatic carbocycles. The van der Waals surface area contributed by atoms with Crippen LogP contribution in [0.25, 0.3) is 0 Å². The molecule has 0 unspecified atom stereocenters. The topological polar surface area (TPSA) is 204 Å². The molecule has 1 aromatic rings. The van der Waals surface area contributed by atoms with Crippen LogP contribution in [0.2, 0.25) is 0 Å². The van der Waals surface area contributed by atoms with Crippen LogP contribution < -0.4 is 10.6 Å². The van der Waals surface area contributed by atoms with Crippen molar-refractivity contribution in [2.24, 2.45) is 17.8 Å². The molecule has 3 fully saturated rings. The summed E-state index contributed by atoms with van der Waals surface area (Å²) in [7, 11) is 5.21. The lowest BCUT2D eigenvalue weighted by molar-refractivity contribution is -0.318. The number of cyclic esters (lactones) is 1. The number of rotatable bonds is 12. The SMILES string of the molecule is CC[C@H]1OC(=O)[C@H](C)[C@@H](O[C@H]2C[C@@](C)(OC)[C@@H](O)[C@H](C)O2)[C@H](C)[C@@H](O[C@@H]2O[C@H](C)C[C@H](N(C)C)[C@H]2O)[C@](C)(O)C[C@@H](C)CN(CCCNC(=S)Nc2c(F)cccc2F)[C@H](C)[C@@H](O)[C@]1(C)O. The maximum atomic E-state index is 14.5. The number of thiocarbonyl (C=S) groups is 1. The maximum Gasteiger partial charge on any atom is 0.311 e. The Bertz CT molecular complexity index is 1720. The number of para-hydroxylation sites is 1. The van der Waals surface area contributed by atoms with Crippen molar-refractivity contribution in [1.82, 2.24) is 15.1 Å². The molecule has 380 valence electrons. The Morgan fingerprint density at radius 2 is 1.62 bits per heavy atom. The van der Waals surface area contributed by atoms with Crippen LogP contribution in [0.3, 0.4) is 0 Å². The first-order valence-corrected chi connectivity index (χ1v) is 23.8. The number of carbonyl (C=O) groups excluding carboxylic acids is 1. The second-order valence-corrected chi connectivity index (χ2v) is 20.5. The van der Waals surface area contributed by atoms with E-state index in [0.717, 1.165) is 12.1 Å². The Labute approximate surface area is 395 Å². The number of benzene rings is 1. The molecule has 18 atom stereocenters. The smallest absolute Gasteiger partial charge is 0.311 e. The highest BCUT2D eigenvalue weighted by Gasteiger charge is 2.53. The van der Waals surface area contributed by atoms with Gasteiger partial charge in [0.2, 0.25) is 0 Å². The quantitative estimate of drug-likeness (QED) is 0.0902. The van der Waals surface area contributed by atoms with Crippen molar-refractivity contribution < 1.29 is 67.5 Å². The van der Waals surface area contributed by atoms with Gasteiger partial charge in [-0.1, -0.05) is 26.8 Å². The van der Waals surface area contributed by atoms with E-state index in [1.54, 1.807) is 48.5 Å². The van der Waals surface area contributed by atoms with Crippen molar-refractivity contribution in [3.05, 3.63) is 29.8 Å². The molecule has 3 aliphatic rings. The van der Waals surface area contributed by atoms with Gasteiger partial charge in [-0.3, -0.25) is 9.69 Å². The highest BCUT2D eigenvalue weighted by molar-refractivity contribution is 7.80. The Balaban J connectivity index is 1.74. The van der Waals surface area contributed by atoms with Gasteiger partial charge in [0.15, 0.2) is 17.7 Å². The van der Waals surface area contributed by atoms with Crippen molar-refractivity contribution in [2.45, 2.75) is 192 Å². The van der Waals surface area contributed by atoms with Gasteiger partial charge in [0.25, 0.3) is 0 Å². The zero-order valence-corrected chi connectivity index (χ0v) is 42.0. The molecule has 0 aliphatic carbocycles. The number of likely N-dealkylation sites (N-methyl/N-ethyl adjacent to an activating group) is 1. The number of methoxy groups -OCH3 is 1. The van der Waals surface area contributed by atoms with Crippen molar-refractivity contribution in [2.75, 3.05) is 46.2 Å². The molecule has 66 heavy (non-hydrogen) atoms. The standard InChI is InChI=1S/C47H80F2N4O12S/c1-14-34-47(10,59)39(55)29(6)53(20-16-19-50-44(66)51-36-31(48)17-15-18-32(36)49)24-25(2)22-45(8,58)41(65-43-37(54)33(52(11)12)21-26(3)61-43)27(4)38(28(5)42(57)63-34)64-35-23-46(9,60-13)40(56)30(7)62-35/h15,17-18,25-30,33-35,37-41,43,54-56,58-59H,14,16,19-24H2,1-13H3,(H2,50,51,66)/t25-,26-,27+,28-,29-,30+,33+,34-,35+,37-,38+,39-,40+,41-,43+,45-,46-,47-/m1/s1. The van der Waals surface area contributed by atoms with Crippen LogP contribution in [0.15, 0.2) is 18.2 Å². The number of carbonyl (C=O) groups is 1. The molecule has 0 radical (unpaired) electrons. The van der Waals surface area contributed by atoms with Gasteiger partial charge in [-0.25, -0.2) is 8.78 Å². The van der Waals surface area contributed by atoms with Gasteiger partial charge in [-0.2, -0.15) is 0 Å². The van der Waals surface area contributed by atoms with Crippen LogP contribution in [-0.2, 0) is 33.2 Å². The number of nitrogens with one attached hydrogen (secondary N) is 2. The van der Waals surface area contributed by atoms with Crippen molar-refractivity contribution >= 4 is 29.0 Å². The molecule has 0 amide bonds. The summed E-state index contributed by atoms with van der Waals surface area (Å²) in [6, 6.07) is 2.43. The van der Waals surface area contributed by atoms with Crippen LogP contribution >= 0.6 is 12.2 Å². The number of esters is 1. The van der Waals surface area contributed by atoms with E-state index in [2.05, 4.69) is 10.6 Å². The minimum absolute atomic E-state index is 0.00834. The summed E-state index contributed by atoms with van der Waals surface area (Å²) in [5.41, 5.74) is -5.10. The third-order valence-corrected chi connectivity index (χ3v) is 14.4. The minimum Gasteiger partial charge on any atom is -0.459 e.